The number of piperidine rings is 1. The molecule has 3 aliphatic rings. The highest BCUT2D eigenvalue weighted by atomic mass is 19.4. The normalized spacial score (nSPS) is 28.7. The average Bonchev–Trinajstić information content (AvgIpc) is 3.20. The maximum absolute atomic E-state index is 13.1. The van der Waals surface area contributed by atoms with Gasteiger partial charge in [0.15, 0.2) is 5.65 Å². The van der Waals surface area contributed by atoms with Gasteiger partial charge in [-0.05, 0) is 71.1 Å². The second-order valence-electron chi connectivity index (χ2n) is 10.4. The molecule has 0 amide bonds. The van der Waals surface area contributed by atoms with Crippen molar-refractivity contribution in [3.63, 3.8) is 0 Å². The van der Waals surface area contributed by atoms with Crippen molar-refractivity contribution >= 4 is 17.4 Å². The lowest BCUT2D eigenvalue weighted by atomic mass is 9.80. The lowest BCUT2D eigenvalue weighted by Crippen LogP contribution is -2.47. The molecule has 2 aliphatic carbocycles. The van der Waals surface area contributed by atoms with Gasteiger partial charge < -0.3 is 10.0 Å². The molecule has 0 bridgehead atoms. The molecule has 0 aromatic carbocycles. The van der Waals surface area contributed by atoms with Gasteiger partial charge in [-0.2, -0.15) is 22.8 Å². The summed E-state index contributed by atoms with van der Waals surface area (Å²) in [6, 6.07) is 1.94. The predicted octanol–water partition coefficient (Wildman–Crippen LogP) is 5.14. The van der Waals surface area contributed by atoms with Crippen molar-refractivity contribution in [3.05, 3.63) is 23.0 Å². The van der Waals surface area contributed by atoms with E-state index in [4.69, 9.17) is 10.1 Å². The molecular formula is C24H31F3N4O2. The number of hydrogen-bond acceptors (Lipinski definition) is 4. The van der Waals surface area contributed by atoms with Gasteiger partial charge in [0, 0.05) is 36.3 Å². The Bertz CT molecular complexity index is 1060. The minimum Gasteiger partial charge on any atom is -0.481 e. The molecule has 1 aliphatic heterocycles. The first-order valence-electron chi connectivity index (χ1n) is 12.1. The van der Waals surface area contributed by atoms with Crippen LogP contribution in [0.2, 0.25) is 0 Å². The summed E-state index contributed by atoms with van der Waals surface area (Å²) in [5.74, 6) is -1.05. The molecule has 180 valence electrons. The van der Waals surface area contributed by atoms with E-state index >= 15 is 0 Å². The van der Waals surface area contributed by atoms with Gasteiger partial charge in [0.25, 0.3) is 0 Å². The minimum atomic E-state index is -4.12. The zero-order valence-electron chi connectivity index (χ0n) is 19.0. The molecule has 2 aromatic rings. The van der Waals surface area contributed by atoms with E-state index in [9.17, 15) is 23.1 Å². The summed E-state index contributed by atoms with van der Waals surface area (Å²) in [6.45, 7) is 2.99. The third-order valence-electron chi connectivity index (χ3n) is 7.99. The number of carboxylic acid groups (broad SMARTS) is 1. The second-order valence-corrected chi connectivity index (χ2v) is 10.4. The quantitative estimate of drug-likeness (QED) is 0.682. The number of aliphatic carboxylic acids is 1. The van der Waals surface area contributed by atoms with Crippen LogP contribution < -0.4 is 4.90 Å². The van der Waals surface area contributed by atoms with Gasteiger partial charge in [-0.25, -0.2) is 4.98 Å². The lowest BCUT2D eigenvalue weighted by molar-refractivity contribution is -0.182. The Morgan fingerprint density at radius 2 is 1.88 bits per heavy atom. The Labute approximate surface area is 191 Å². The SMILES string of the molecule is C[C@@]1(C(=O)O)CCCN(c2c3c(nc4cc(C5CCC(C(F)(F)F)CC5)nn24)CCCC3)C1. The van der Waals surface area contributed by atoms with Crippen LogP contribution in [0.5, 0.6) is 0 Å². The third-order valence-corrected chi connectivity index (χ3v) is 7.99. The van der Waals surface area contributed by atoms with Crippen LogP contribution in [0.25, 0.3) is 5.65 Å². The van der Waals surface area contributed by atoms with Gasteiger partial charge in [0.1, 0.15) is 5.82 Å². The topological polar surface area (TPSA) is 70.7 Å². The molecule has 1 atom stereocenters. The number of hydrogen-bond donors (Lipinski definition) is 1. The fraction of sp³-hybridized carbons (Fsp3) is 0.708. The van der Waals surface area contributed by atoms with Gasteiger partial charge in [-0.1, -0.05) is 0 Å². The van der Waals surface area contributed by atoms with Crippen molar-refractivity contribution in [2.75, 3.05) is 18.0 Å². The van der Waals surface area contributed by atoms with E-state index in [1.165, 1.54) is 0 Å². The Morgan fingerprint density at radius 1 is 1.15 bits per heavy atom. The standard InChI is InChI=1S/C24H31F3N4O2/c1-23(22(32)33)11-4-12-30(14-23)21-17-5-2-3-6-18(17)28-20-13-19(29-31(20)21)15-7-9-16(10-8-15)24(25,26)27/h13,15-16H,2-12,14H2,1H3,(H,32,33)/t15?,16?,23-/m1/s1. The summed E-state index contributed by atoms with van der Waals surface area (Å²) >= 11 is 0. The lowest BCUT2D eigenvalue weighted by Gasteiger charge is -2.40. The summed E-state index contributed by atoms with van der Waals surface area (Å²) in [4.78, 5) is 19.0. The molecule has 2 fully saturated rings. The molecule has 6 nitrogen and oxygen atoms in total. The number of alkyl halides is 3. The Morgan fingerprint density at radius 3 is 2.58 bits per heavy atom. The molecule has 1 N–H and O–H groups in total. The van der Waals surface area contributed by atoms with E-state index < -0.39 is 23.5 Å². The molecule has 2 aromatic heterocycles. The van der Waals surface area contributed by atoms with Crippen molar-refractivity contribution in [2.45, 2.75) is 83.2 Å². The largest absolute Gasteiger partial charge is 0.481 e. The van der Waals surface area contributed by atoms with Crippen LogP contribution >= 0.6 is 0 Å². The number of carbonyl (C=O) groups is 1. The molecule has 1 saturated carbocycles. The molecule has 3 heterocycles. The smallest absolute Gasteiger partial charge is 0.391 e. The maximum atomic E-state index is 13.1. The van der Waals surface area contributed by atoms with E-state index in [-0.39, 0.29) is 18.8 Å². The first-order valence-corrected chi connectivity index (χ1v) is 12.1. The van der Waals surface area contributed by atoms with Gasteiger partial charge in [0.2, 0.25) is 0 Å². The number of rotatable bonds is 3. The highest BCUT2D eigenvalue weighted by Crippen LogP contribution is 2.43. The predicted molar refractivity (Wildman–Crippen MR) is 118 cm³/mol. The molecule has 9 heteroatoms. The number of aryl methyl sites for hydroxylation is 1. The fourth-order valence-corrected chi connectivity index (χ4v) is 5.98. The molecule has 0 unspecified atom stereocenters. The number of anilines is 1. The number of aromatic nitrogens is 3. The van der Waals surface area contributed by atoms with E-state index in [0.717, 1.165) is 67.1 Å². The van der Waals surface area contributed by atoms with Crippen LogP contribution in [0.4, 0.5) is 19.0 Å². The van der Waals surface area contributed by atoms with Crippen molar-refractivity contribution < 1.29 is 23.1 Å². The third kappa shape index (κ3) is 4.08. The second kappa shape index (κ2) is 8.17. The molecule has 0 spiro atoms. The van der Waals surface area contributed by atoms with Crippen molar-refractivity contribution in [1.82, 2.24) is 14.6 Å². The van der Waals surface area contributed by atoms with Crippen LogP contribution in [-0.4, -0.2) is 44.9 Å². The van der Waals surface area contributed by atoms with E-state index in [1.54, 1.807) is 6.92 Å². The van der Waals surface area contributed by atoms with Crippen LogP contribution in [-0.2, 0) is 17.6 Å². The highest BCUT2D eigenvalue weighted by Gasteiger charge is 2.42. The zero-order chi connectivity index (χ0) is 23.4. The zero-order valence-corrected chi connectivity index (χ0v) is 19.0. The molecule has 33 heavy (non-hydrogen) atoms. The number of fused-ring (bicyclic) bond motifs is 2. The molecule has 0 radical (unpaired) electrons. The Hall–Kier alpha value is -2.32. The first kappa shape index (κ1) is 22.5. The van der Waals surface area contributed by atoms with Gasteiger partial charge >= 0.3 is 12.1 Å². The summed E-state index contributed by atoms with van der Waals surface area (Å²) in [7, 11) is 0. The van der Waals surface area contributed by atoms with E-state index in [1.807, 2.05) is 10.6 Å². The number of halogens is 3. The van der Waals surface area contributed by atoms with Crippen LogP contribution in [0, 0.1) is 11.3 Å². The van der Waals surface area contributed by atoms with E-state index in [0.29, 0.717) is 25.8 Å². The minimum absolute atomic E-state index is 0.000759. The van der Waals surface area contributed by atoms with E-state index in [2.05, 4.69) is 4.90 Å². The summed E-state index contributed by atoms with van der Waals surface area (Å²) in [5.41, 5.74) is 2.92. The highest BCUT2D eigenvalue weighted by molar-refractivity contribution is 5.75. The Kier molecular flexibility index (Phi) is 5.56. The van der Waals surface area contributed by atoms with Gasteiger partial charge in [0.05, 0.1) is 17.0 Å². The van der Waals surface area contributed by atoms with Crippen LogP contribution in [0.3, 0.4) is 0 Å². The maximum Gasteiger partial charge on any atom is 0.391 e. The first-order chi connectivity index (χ1) is 15.7. The molecule has 1 saturated heterocycles. The van der Waals surface area contributed by atoms with Crippen molar-refractivity contribution in [2.24, 2.45) is 11.3 Å². The summed E-state index contributed by atoms with van der Waals surface area (Å²) in [5, 5.41) is 14.7. The Balaban J connectivity index is 1.52. The summed E-state index contributed by atoms with van der Waals surface area (Å²) < 4.78 is 41.2. The molecule has 5 rings (SSSR count). The summed E-state index contributed by atoms with van der Waals surface area (Å²) in [6.07, 6.45) is 2.46. The van der Waals surface area contributed by atoms with Crippen LogP contribution in [0.1, 0.15) is 81.2 Å². The molecular weight excluding hydrogens is 433 g/mol. The fourth-order valence-electron chi connectivity index (χ4n) is 5.98. The van der Waals surface area contributed by atoms with Crippen LogP contribution in [0.15, 0.2) is 6.07 Å². The average molecular weight is 465 g/mol. The number of carboxylic acids is 1. The van der Waals surface area contributed by atoms with Gasteiger partial charge in [-0.15, -0.1) is 0 Å². The van der Waals surface area contributed by atoms with Gasteiger partial charge in [-0.3, -0.25) is 4.79 Å². The van der Waals surface area contributed by atoms with Crippen molar-refractivity contribution in [1.29, 1.82) is 0 Å². The monoisotopic (exact) mass is 464 g/mol. The number of nitrogens with zero attached hydrogens (tertiary/aromatic N) is 4. The van der Waals surface area contributed by atoms with Crippen molar-refractivity contribution in [3.8, 4) is 0 Å².